The van der Waals surface area contributed by atoms with Crippen LogP contribution in [0.15, 0.2) is 0 Å². The summed E-state index contributed by atoms with van der Waals surface area (Å²) in [5.74, 6) is 0. The highest BCUT2D eigenvalue weighted by molar-refractivity contribution is 5.66. The summed E-state index contributed by atoms with van der Waals surface area (Å²) in [6.45, 7) is 2.79. The van der Waals surface area contributed by atoms with E-state index in [-0.39, 0.29) is 6.09 Å². The Morgan fingerprint density at radius 3 is 1.94 bits per heavy atom. The van der Waals surface area contributed by atoms with Crippen LogP contribution in [0.1, 0.15) is 64.7 Å². The van der Waals surface area contributed by atoms with Crippen molar-refractivity contribution in [1.82, 2.24) is 5.32 Å². The van der Waals surface area contributed by atoms with Gasteiger partial charge < -0.3 is 10.1 Å². The lowest BCUT2D eigenvalue weighted by atomic mass is 10.1. The molecule has 0 rings (SSSR count). The smallest absolute Gasteiger partial charge is 0.406 e. The maximum Gasteiger partial charge on any atom is 0.406 e. The van der Waals surface area contributed by atoms with Crippen molar-refractivity contribution >= 4 is 6.09 Å². The van der Waals surface area contributed by atoms with E-state index in [4.69, 9.17) is 4.74 Å². The van der Waals surface area contributed by atoms with Crippen LogP contribution in [-0.2, 0) is 4.74 Å². The minimum atomic E-state index is -0.320. The van der Waals surface area contributed by atoms with Gasteiger partial charge in [0.2, 0.25) is 0 Å². The van der Waals surface area contributed by atoms with Gasteiger partial charge >= 0.3 is 6.09 Å². The van der Waals surface area contributed by atoms with E-state index in [1.54, 1.807) is 7.05 Å². The lowest BCUT2D eigenvalue weighted by Gasteiger charge is -2.03. The molecule has 3 nitrogen and oxygen atoms in total. The van der Waals surface area contributed by atoms with Crippen molar-refractivity contribution < 1.29 is 9.53 Å². The van der Waals surface area contributed by atoms with E-state index in [1.807, 2.05) is 0 Å². The Bertz CT molecular complexity index is 160. The number of hydrogen-bond donors (Lipinski definition) is 1. The molecular formula is C13H27NO2. The summed E-state index contributed by atoms with van der Waals surface area (Å²) in [5, 5.41) is 2.43. The Hall–Kier alpha value is -0.730. The van der Waals surface area contributed by atoms with Crippen molar-refractivity contribution in [1.29, 1.82) is 0 Å². The van der Waals surface area contributed by atoms with Gasteiger partial charge in [-0.15, -0.1) is 0 Å². The molecule has 0 aromatic heterocycles. The molecule has 0 aliphatic carbocycles. The third kappa shape index (κ3) is 11.3. The fourth-order valence-electron chi connectivity index (χ4n) is 1.65. The largest absolute Gasteiger partial charge is 0.450 e. The molecule has 0 spiro atoms. The quantitative estimate of drug-likeness (QED) is 0.577. The summed E-state index contributed by atoms with van der Waals surface area (Å²) >= 11 is 0. The fourth-order valence-corrected chi connectivity index (χ4v) is 1.65. The molecule has 1 N–H and O–H groups in total. The first kappa shape index (κ1) is 15.3. The van der Waals surface area contributed by atoms with Gasteiger partial charge in [-0.05, 0) is 6.42 Å². The maximum atomic E-state index is 10.7. The van der Waals surface area contributed by atoms with E-state index in [0.717, 1.165) is 6.42 Å². The van der Waals surface area contributed by atoms with Crippen LogP contribution in [0, 0.1) is 0 Å². The Morgan fingerprint density at radius 1 is 0.938 bits per heavy atom. The van der Waals surface area contributed by atoms with Crippen LogP contribution >= 0.6 is 0 Å². The van der Waals surface area contributed by atoms with Gasteiger partial charge in [0.15, 0.2) is 0 Å². The third-order valence-electron chi connectivity index (χ3n) is 2.69. The topological polar surface area (TPSA) is 38.3 Å². The predicted molar refractivity (Wildman–Crippen MR) is 67.6 cm³/mol. The van der Waals surface area contributed by atoms with E-state index in [0.29, 0.717) is 6.61 Å². The number of nitrogens with one attached hydrogen (secondary N) is 1. The monoisotopic (exact) mass is 229 g/mol. The zero-order chi connectivity index (χ0) is 12.1. The Labute approximate surface area is 99.9 Å². The summed E-state index contributed by atoms with van der Waals surface area (Å²) in [7, 11) is 1.58. The third-order valence-corrected chi connectivity index (χ3v) is 2.69. The SMILES string of the molecule is CCCCCCCCCCCOC(=O)NC. The van der Waals surface area contributed by atoms with Gasteiger partial charge in [0.1, 0.15) is 0 Å². The number of carbonyl (C=O) groups is 1. The molecule has 0 fully saturated rings. The summed E-state index contributed by atoms with van der Waals surface area (Å²) in [6, 6.07) is 0. The first-order valence-corrected chi connectivity index (χ1v) is 6.65. The van der Waals surface area contributed by atoms with Crippen LogP contribution in [0.25, 0.3) is 0 Å². The van der Waals surface area contributed by atoms with Gasteiger partial charge in [0.25, 0.3) is 0 Å². The van der Waals surface area contributed by atoms with Crippen molar-refractivity contribution in [3.63, 3.8) is 0 Å². The summed E-state index contributed by atoms with van der Waals surface area (Å²) in [5.41, 5.74) is 0. The molecule has 0 saturated carbocycles. The van der Waals surface area contributed by atoms with E-state index in [9.17, 15) is 4.79 Å². The number of ether oxygens (including phenoxy) is 1. The molecule has 1 amide bonds. The van der Waals surface area contributed by atoms with E-state index >= 15 is 0 Å². The molecule has 16 heavy (non-hydrogen) atoms. The van der Waals surface area contributed by atoms with Crippen LogP contribution in [0.3, 0.4) is 0 Å². The Balaban J connectivity index is 2.96. The van der Waals surface area contributed by atoms with Crippen LogP contribution in [-0.4, -0.2) is 19.7 Å². The summed E-state index contributed by atoms with van der Waals surface area (Å²) in [6.07, 6.45) is 11.2. The molecule has 0 aliphatic heterocycles. The van der Waals surface area contributed by atoms with Gasteiger partial charge in [0.05, 0.1) is 6.61 Å². The van der Waals surface area contributed by atoms with Crippen molar-refractivity contribution in [3.8, 4) is 0 Å². The predicted octanol–water partition coefficient (Wildman–Crippen LogP) is 3.87. The molecule has 0 heterocycles. The maximum absolute atomic E-state index is 10.7. The van der Waals surface area contributed by atoms with Crippen molar-refractivity contribution in [2.75, 3.05) is 13.7 Å². The zero-order valence-electron chi connectivity index (χ0n) is 10.9. The molecule has 0 aliphatic rings. The molecule has 3 heteroatoms. The average molecular weight is 229 g/mol. The number of hydrogen-bond acceptors (Lipinski definition) is 2. The van der Waals surface area contributed by atoms with Crippen molar-refractivity contribution in [3.05, 3.63) is 0 Å². The van der Waals surface area contributed by atoms with Crippen LogP contribution in [0.2, 0.25) is 0 Å². The molecule has 0 bridgehead atoms. The number of rotatable bonds is 10. The Kier molecular flexibility index (Phi) is 11.8. The second kappa shape index (κ2) is 12.3. The standard InChI is InChI=1S/C13H27NO2/c1-3-4-5-6-7-8-9-10-11-12-16-13(15)14-2/h3-12H2,1-2H3,(H,14,15). The van der Waals surface area contributed by atoms with Gasteiger partial charge in [-0.2, -0.15) is 0 Å². The second-order valence-electron chi connectivity index (χ2n) is 4.21. The summed E-state index contributed by atoms with van der Waals surface area (Å²) < 4.78 is 4.90. The molecule has 96 valence electrons. The minimum absolute atomic E-state index is 0.320. The lowest BCUT2D eigenvalue weighted by molar-refractivity contribution is 0.146. The lowest BCUT2D eigenvalue weighted by Crippen LogP contribution is -2.19. The van der Waals surface area contributed by atoms with Crippen LogP contribution < -0.4 is 5.32 Å². The number of amides is 1. The van der Waals surface area contributed by atoms with Crippen LogP contribution in [0.4, 0.5) is 4.79 Å². The molecule has 0 atom stereocenters. The molecular weight excluding hydrogens is 202 g/mol. The molecule has 0 aromatic carbocycles. The second-order valence-corrected chi connectivity index (χ2v) is 4.21. The Morgan fingerprint density at radius 2 is 1.44 bits per heavy atom. The molecule has 0 unspecified atom stereocenters. The highest BCUT2D eigenvalue weighted by atomic mass is 16.5. The average Bonchev–Trinajstić information content (AvgIpc) is 2.31. The van der Waals surface area contributed by atoms with Gasteiger partial charge in [0, 0.05) is 7.05 Å². The molecule has 0 saturated heterocycles. The molecule has 0 radical (unpaired) electrons. The number of unbranched alkanes of at least 4 members (excludes halogenated alkanes) is 8. The first-order valence-electron chi connectivity index (χ1n) is 6.65. The van der Waals surface area contributed by atoms with Crippen molar-refractivity contribution in [2.45, 2.75) is 64.7 Å². The van der Waals surface area contributed by atoms with E-state index in [1.165, 1.54) is 51.4 Å². The first-order chi connectivity index (χ1) is 7.81. The van der Waals surface area contributed by atoms with Crippen LogP contribution in [0.5, 0.6) is 0 Å². The van der Waals surface area contributed by atoms with Crippen molar-refractivity contribution in [2.24, 2.45) is 0 Å². The normalized spacial score (nSPS) is 10.1. The summed E-state index contributed by atoms with van der Waals surface area (Å²) in [4.78, 5) is 10.7. The number of carbonyl (C=O) groups excluding carboxylic acids is 1. The van der Waals surface area contributed by atoms with Gasteiger partial charge in [-0.3, -0.25) is 0 Å². The fraction of sp³-hybridized carbons (Fsp3) is 0.923. The highest BCUT2D eigenvalue weighted by Gasteiger charge is 1.96. The molecule has 0 aromatic rings. The minimum Gasteiger partial charge on any atom is -0.450 e. The zero-order valence-corrected chi connectivity index (χ0v) is 10.9. The number of alkyl carbamates (subject to hydrolysis) is 1. The van der Waals surface area contributed by atoms with Gasteiger partial charge in [-0.25, -0.2) is 4.79 Å². The van der Waals surface area contributed by atoms with E-state index in [2.05, 4.69) is 12.2 Å². The van der Waals surface area contributed by atoms with Gasteiger partial charge in [-0.1, -0.05) is 58.3 Å². The van der Waals surface area contributed by atoms with E-state index < -0.39 is 0 Å². The highest BCUT2D eigenvalue weighted by Crippen LogP contribution is 2.09.